The third-order valence-corrected chi connectivity index (χ3v) is 8.21. The van der Waals surface area contributed by atoms with Gasteiger partial charge in [0.15, 0.2) is 11.6 Å². The number of aliphatic hydroxyl groups is 1. The van der Waals surface area contributed by atoms with Crippen LogP contribution in [0.4, 0.5) is 4.39 Å². The Morgan fingerprint density at radius 2 is 1.82 bits per heavy atom. The summed E-state index contributed by atoms with van der Waals surface area (Å²) in [7, 11) is 1.59. The summed E-state index contributed by atoms with van der Waals surface area (Å²) in [6, 6.07) is 28.8. The summed E-state index contributed by atoms with van der Waals surface area (Å²) in [6.45, 7) is 0.740. The number of aliphatic hydroxyl groups excluding tert-OH is 1. The molecule has 1 aliphatic heterocycles. The monoisotopic (exact) mass is 660 g/mol. The average molecular weight is 662 g/mol. The zero-order chi connectivity index (χ0) is 30.9. The highest BCUT2D eigenvalue weighted by molar-refractivity contribution is 9.10. The first-order chi connectivity index (χ1) is 21.4. The molecule has 0 aromatic heterocycles. The lowest BCUT2D eigenvalue weighted by Gasteiger charge is -2.31. The number of hydrogen-bond acceptors (Lipinski definition) is 6. The third kappa shape index (κ3) is 7.29. The van der Waals surface area contributed by atoms with E-state index in [9.17, 15) is 9.18 Å². The Labute approximate surface area is 264 Å². The predicted octanol–water partition coefficient (Wildman–Crippen LogP) is 6.22. The molecule has 0 saturated heterocycles. The molecule has 0 spiro atoms. The fourth-order valence-electron chi connectivity index (χ4n) is 5.18. The smallest absolute Gasteiger partial charge is 0.252 e. The van der Waals surface area contributed by atoms with Crippen LogP contribution >= 0.6 is 15.9 Å². The molecule has 9 heteroatoms. The van der Waals surface area contributed by atoms with E-state index in [1.807, 2.05) is 78.9 Å². The van der Waals surface area contributed by atoms with Crippen molar-refractivity contribution in [3.63, 3.8) is 0 Å². The summed E-state index contributed by atoms with van der Waals surface area (Å²) in [5, 5.41) is 12.1. The molecular weight excluding hydrogens is 627 g/mol. The molecule has 1 aliphatic rings. The van der Waals surface area contributed by atoms with Crippen LogP contribution in [0.15, 0.2) is 107 Å². The lowest BCUT2D eigenvalue weighted by Crippen LogP contribution is -2.50. The molecule has 4 aromatic carbocycles. The van der Waals surface area contributed by atoms with Gasteiger partial charge in [0.1, 0.15) is 17.3 Å². The minimum absolute atomic E-state index is 0.0539. The Bertz CT molecular complexity index is 1610. The first-order valence-electron chi connectivity index (χ1n) is 14.4. The van der Waals surface area contributed by atoms with Crippen molar-refractivity contribution in [3.8, 4) is 11.5 Å². The lowest BCUT2D eigenvalue weighted by atomic mass is 9.82. The molecule has 7 nitrogen and oxygen atoms in total. The van der Waals surface area contributed by atoms with Crippen LogP contribution in [0.2, 0.25) is 0 Å². The van der Waals surface area contributed by atoms with Crippen molar-refractivity contribution >= 4 is 27.7 Å². The molecule has 0 fully saturated rings. The van der Waals surface area contributed by atoms with Crippen LogP contribution in [0.25, 0.3) is 0 Å². The van der Waals surface area contributed by atoms with Crippen molar-refractivity contribution < 1.29 is 28.5 Å². The average Bonchev–Trinajstić information content (AvgIpc) is 3.43. The van der Waals surface area contributed by atoms with E-state index >= 15 is 0 Å². The first-order valence-corrected chi connectivity index (χ1v) is 15.2. The van der Waals surface area contributed by atoms with Crippen molar-refractivity contribution in [2.24, 2.45) is 4.99 Å². The molecule has 0 saturated carbocycles. The maximum Gasteiger partial charge on any atom is 0.252 e. The summed E-state index contributed by atoms with van der Waals surface area (Å²) in [4.78, 5) is 19.5. The lowest BCUT2D eigenvalue weighted by molar-refractivity contribution is -0.128. The highest BCUT2D eigenvalue weighted by Gasteiger charge is 2.53. The summed E-state index contributed by atoms with van der Waals surface area (Å²) in [6.07, 6.45) is 0.446. The van der Waals surface area contributed by atoms with Crippen LogP contribution in [0.1, 0.15) is 34.8 Å². The first kappa shape index (κ1) is 31.2. The molecular formula is C35H34BrFN2O5. The molecule has 2 atom stereocenters. The Hall–Kier alpha value is -4.21. The molecule has 228 valence electrons. The van der Waals surface area contributed by atoms with Crippen molar-refractivity contribution in [3.05, 3.63) is 130 Å². The molecule has 0 radical (unpaired) electrons. The highest BCUT2D eigenvalue weighted by atomic mass is 79.9. The number of carbonyl (C=O) groups excluding carboxylic acids is 1. The van der Waals surface area contributed by atoms with Gasteiger partial charge in [0, 0.05) is 36.0 Å². The van der Waals surface area contributed by atoms with Gasteiger partial charge in [0.2, 0.25) is 5.90 Å². The van der Waals surface area contributed by atoms with E-state index in [1.54, 1.807) is 13.2 Å². The number of halogens is 2. The van der Waals surface area contributed by atoms with Crippen LogP contribution in [-0.4, -0.2) is 49.3 Å². The van der Waals surface area contributed by atoms with Gasteiger partial charge in [0.25, 0.3) is 5.91 Å². The van der Waals surface area contributed by atoms with E-state index in [4.69, 9.17) is 24.3 Å². The highest BCUT2D eigenvalue weighted by Crippen LogP contribution is 2.44. The van der Waals surface area contributed by atoms with E-state index in [-0.39, 0.29) is 31.3 Å². The van der Waals surface area contributed by atoms with Crippen LogP contribution in [0.5, 0.6) is 11.5 Å². The summed E-state index contributed by atoms with van der Waals surface area (Å²) in [5.74, 6) is 0.981. The van der Waals surface area contributed by atoms with Crippen molar-refractivity contribution in [2.75, 3.05) is 26.9 Å². The molecule has 1 heterocycles. The van der Waals surface area contributed by atoms with Gasteiger partial charge in [-0.15, -0.1) is 0 Å². The van der Waals surface area contributed by atoms with Gasteiger partial charge in [-0.3, -0.25) is 4.79 Å². The fraction of sp³-hybridized carbons (Fsp3) is 0.257. The number of rotatable bonds is 13. The molecule has 0 unspecified atom stereocenters. The molecule has 1 amide bonds. The van der Waals surface area contributed by atoms with E-state index in [0.29, 0.717) is 42.4 Å². The second-order valence-corrected chi connectivity index (χ2v) is 11.3. The van der Waals surface area contributed by atoms with Crippen LogP contribution < -0.4 is 14.8 Å². The van der Waals surface area contributed by atoms with E-state index in [2.05, 4.69) is 21.2 Å². The summed E-state index contributed by atoms with van der Waals surface area (Å²) < 4.78 is 32.4. The minimum atomic E-state index is -1.39. The number of amides is 1. The van der Waals surface area contributed by atoms with Gasteiger partial charge in [-0.1, -0.05) is 58.4 Å². The third-order valence-electron chi connectivity index (χ3n) is 7.43. The zero-order valence-corrected chi connectivity index (χ0v) is 25.9. The number of aliphatic imine (C=N–C) groups is 1. The maximum atomic E-state index is 14.4. The molecule has 5 rings (SSSR count). The normalized spacial score (nSPS) is 17.5. The van der Waals surface area contributed by atoms with Gasteiger partial charge in [-0.2, -0.15) is 0 Å². The Morgan fingerprint density at radius 1 is 1.02 bits per heavy atom. The number of methoxy groups -OCH3 is 1. The van der Waals surface area contributed by atoms with Crippen LogP contribution in [0, 0.1) is 5.82 Å². The Kier molecular flexibility index (Phi) is 10.3. The molecule has 0 aliphatic carbocycles. The maximum absolute atomic E-state index is 14.4. The van der Waals surface area contributed by atoms with Gasteiger partial charge in [-0.25, -0.2) is 9.38 Å². The van der Waals surface area contributed by atoms with Gasteiger partial charge in [0.05, 0.1) is 13.7 Å². The van der Waals surface area contributed by atoms with Gasteiger partial charge in [-0.05, 0) is 77.7 Å². The Morgan fingerprint density at radius 3 is 2.57 bits per heavy atom. The molecule has 4 aromatic rings. The van der Waals surface area contributed by atoms with E-state index < -0.39 is 11.6 Å². The van der Waals surface area contributed by atoms with Crippen molar-refractivity contribution in [1.82, 2.24) is 5.32 Å². The number of hydrogen-bond donors (Lipinski definition) is 2. The standard InChI is InChI=1S/C35H34BrFN2O5/c1-42-30-11-5-9-26(22-30)32-35(23-27-8-2-3-12-31(27)36,34(41)38-18-17-24-7-4-10-28(37)21-24)39-33(44-32)25-13-15-29(16-14-25)43-20-6-19-40/h2-5,7-16,21-22,32,40H,6,17-20,23H2,1H3,(H,38,41)/t32-,35-/m1/s1. The number of nitrogens with one attached hydrogen (secondary N) is 1. The minimum Gasteiger partial charge on any atom is -0.497 e. The van der Waals surface area contributed by atoms with Crippen LogP contribution in [0.3, 0.4) is 0 Å². The zero-order valence-electron chi connectivity index (χ0n) is 24.3. The summed E-state index contributed by atoms with van der Waals surface area (Å²) >= 11 is 3.65. The van der Waals surface area contributed by atoms with E-state index in [1.165, 1.54) is 12.1 Å². The Balaban J connectivity index is 1.54. The topological polar surface area (TPSA) is 89.4 Å². The predicted molar refractivity (Wildman–Crippen MR) is 171 cm³/mol. The summed E-state index contributed by atoms with van der Waals surface area (Å²) in [5.41, 5.74) is 1.71. The second-order valence-electron chi connectivity index (χ2n) is 10.5. The van der Waals surface area contributed by atoms with Gasteiger partial charge < -0.3 is 24.6 Å². The number of ether oxygens (including phenoxy) is 3. The van der Waals surface area contributed by atoms with Crippen LogP contribution in [-0.2, 0) is 22.4 Å². The molecule has 44 heavy (non-hydrogen) atoms. The largest absolute Gasteiger partial charge is 0.497 e. The number of benzene rings is 4. The number of nitrogens with zero attached hydrogens (tertiary/aromatic N) is 1. The number of carbonyl (C=O) groups is 1. The van der Waals surface area contributed by atoms with Gasteiger partial charge >= 0.3 is 0 Å². The van der Waals surface area contributed by atoms with E-state index in [0.717, 1.165) is 21.2 Å². The SMILES string of the molecule is COc1cccc([C@H]2OC(c3ccc(OCCCO)cc3)=N[C@@]2(Cc2ccccc2Br)C(=O)NCCc2cccc(F)c2)c1. The second kappa shape index (κ2) is 14.5. The molecule has 0 bridgehead atoms. The fourth-order valence-corrected chi connectivity index (χ4v) is 5.61. The van der Waals surface area contributed by atoms with Crippen molar-refractivity contribution in [2.45, 2.75) is 30.9 Å². The quantitative estimate of drug-likeness (QED) is 0.166. The molecule has 2 N–H and O–H groups in total. The van der Waals surface area contributed by atoms with Crippen molar-refractivity contribution in [1.29, 1.82) is 0 Å².